The molecule has 4 nitrogen and oxygen atoms in total. The van der Waals surface area contributed by atoms with Crippen LogP contribution in [0.1, 0.15) is 23.7 Å². The number of likely N-dealkylation sites (N-methyl/N-ethyl adjacent to an activating group) is 1. The van der Waals surface area contributed by atoms with Crippen molar-refractivity contribution in [2.24, 2.45) is 0 Å². The molecule has 0 unspecified atom stereocenters. The zero-order chi connectivity index (χ0) is 16.9. The Morgan fingerprint density at radius 3 is 2.58 bits per heavy atom. The molecule has 0 aromatic heterocycles. The molecular weight excluding hydrogens is 305 g/mol. The van der Waals surface area contributed by atoms with Gasteiger partial charge in [0.1, 0.15) is 5.82 Å². The van der Waals surface area contributed by atoms with E-state index in [0.717, 1.165) is 31.8 Å². The minimum absolute atomic E-state index is 0.0710. The van der Waals surface area contributed by atoms with Gasteiger partial charge in [-0.25, -0.2) is 4.39 Å². The van der Waals surface area contributed by atoms with Crippen molar-refractivity contribution in [1.82, 2.24) is 14.7 Å². The molecule has 3 rings (SSSR count). The summed E-state index contributed by atoms with van der Waals surface area (Å²) in [4.78, 5) is 7.46. The average molecular weight is 335 g/mol. The van der Waals surface area contributed by atoms with Gasteiger partial charge in [0.05, 0.1) is 12.7 Å². The van der Waals surface area contributed by atoms with Crippen LogP contribution in [0.4, 0.5) is 4.39 Å². The van der Waals surface area contributed by atoms with Crippen LogP contribution in [0.25, 0.3) is 0 Å². The van der Waals surface area contributed by atoms with Crippen LogP contribution in [0, 0.1) is 12.7 Å². The Balaban J connectivity index is 1.44. The van der Waals surface area contributed by atoms with E-state index in [1.807, 2.05) is 19.1 Å². The number of hydrogen-bond donors (Lipinski definition) is 0. The van der Waals surface area contributed by atoms with E-state index < -0.39 is 0 Å². The summed E-state index contributed by atoms with van der Waals surface area (Å²) >= 11 is 0. The standard InChI is InChI=1S/C19H30FN3O/c1-16-14-17(4-5-18(16)20)19-15-23(12-13-24-19)7-3-6-22-10-8-21(2)9-11-22/h4-5,14,19H,3,6-13,15H2,1-2H3/t19-/m1/s1. The maximum atomic E-state index is 13.5. The second kappa shape index (κ2) is 8.39. The topological polar surface area (TPSA) is 19.0 Å². The predicted molar refractivity (Wildman–Crippen MR) is 94.8 cm³/mol. The normalized spacial score (nSPS) is 24.4. The molecule has 2 saturated heterocycles. The lowest BCUT2D eigenvalue weighted by Crippen LogP contribution is -2.45. The number of nitrogens with zero attached hydrogens (tertiary/aromatic N) is 3. The molecule has 0 N–H and O–H groups in total. The zero-order valence-corrected chi connectivity index (χ0v) is 15.0. The van der Waals surface area contributed by atoms with Gasteiger partial charge in [0.25, 0.3) is 0 Å². The molecule has 0 bridgehead atoms. The Hall–Kier alpha value is -1.01. The molecule has 2 heterocycles. The maximum absolute atomic E-state index is 13.5. The third-order valence-corrected chi connectivity index (χ3v) is 5.25. The first-order valence-corrected chi connectivity index (χ1v) is 9.13. The van der Waals surface area contributed by atoms with E-state index in [1.165, 1.54) is 39.1 Å². The SMILES string of the molecule is Cc1cc([C@H]2CN(CCCN3CCN(C)CC3)CCO2)ccc1F. The Bertz CT molecular complexity index is 531. The van der Waals surface area contributed by atoms with Crippen molar-refractivity contribution in [1.29, 1.82) is 0 Å². The second-order valence-corrected chi connectivity index (χ2v) is 7.17. The summed E-state index contributed by atoms with van der Waals surface area (Å²) in [5, 5.41) is 0. The number of aryl methyl sites for hydroxylation is 1. The van der Waals surface area contributed by atoms with Crippen LogP contribution in [-0.4, -0.2) is 80.7 Å². The maximum Gasteiger partial charge on any atom is 0.126 e. The van der Waals surface area contributed by atoms with Crippen molar-refractivity contribution < 1.29 is 9.13 Å². The fourth-order valence-electron chi connectivity index (χ4n) is 3.56. The van der Waals surface area contributed by atoms with Crippen molar-refractivity contribution >= 4 is 0 Å². The molecule has 0 amide bonds. The molecule has 0 saturated carbocycles. The molecular formula is C19H30FN3O. The fourth-order valence-corrected chi connectivity index (χ4v) is 3.56. The molecule has 0 aliphatic carbocycles. The van der Waals surface area contributed by atoms with Crippen LogP contribution in [0.15, 0.2) is 18.2 Å². The van der Waals surface area contributed by atoms with Gasteiger partial charge in [-0.3, -0.25) is 4.90 Å². The Kier molecular flexibility index (Phi) is 6.22. The number of halogens is 1. The Morgan fingerprint density at radius 2 is 1.83 bits per heavy atom. The van der Waals surface area contributed by atoms with Crippen LogP contribution >= 0.6 is 0 Å². The molecule has 2 aliphatic heterocycles. The number of piperazine rings is 1. The van der Waals surface area contributed by atoms with Gasteiger partial charge in [0.15, 0.2) is 0 Å². The number of hydrogen-bond acceptors (Lipinski definition) is 4. The highest BCUT2D eigenvalue weighted by molar-refractivity contribution is 5.26. The van der Waals surface area contributed by atoms with Crippen molar-refractivity contribution in [2.45, 2.75) is 19.4 Å². The van der Waals surface area contributed by atoms with Gasteiger partial charge in [-0.15, -0.1) is 0 Å². The summed E-state index contributed by atoms with van der Waals surface area (Å²) < 4.78 is 19.4. The van der Waals surface area contributed by atoms with Gasteiger partial charge in [-0.2, -0.15) is 0 Å². The summed E-state index contributed by atoms with van der Waals surface area (Å²) in [6, 6.07) is 5.34. The number of rotatable bonds is 5. The van der Waals surface area contributed by atoms with Crippen LogP contribution < -0.4 is 0 Å². The summed E-state index contributed by atoms with van der Waals surface area (Å²) in [5.74, 6) is -0.140. The average Bonchev–Trinajstić information content (AvgIpc) is 2.59. The number of benzene rings is 1. The zero-order valence-electron chi connectivity index (χ0n) is 15.0. The molecule has 2 aliphatic rings. The van der Waals surface area contributed by atoms with E-state index in [9.17, 15) is 4.39 Å². The number of ether oxygens (including phenoxy) is 1. The van der Waals surface area contributed by atoms with Crippen LogP contribution in [0.5, 0.6) is 0 Å². The molecule has 5 heteroatoms. The molecule has 0 radical (unpaired) electrons. The minimum Gasteiger partial charge on any atom is -0.371 e. The molecule has 1 aromatic rings. The highest BCUT2D eigenvalue weighted by atomic mass is 19.1. The van der Waals surface area contributed by atoms with E-state index in [4.69, 9.17) is 4.74 Å². The second-order valence-electron chi connectivity index (χ2n) is 7.17. The van der Waals surface area contributed by atoms with Crippen molar-refractivity contribution in [3.05, 3.63) is 35.1 Å². The smallest absolute Gasteiger partial charge is 0.126 e. The third kappa shape index (κ3) is 4.76. The summed E-state index contributed by atoms with van der Waals surface area (Å²) in [5.41, 5.74) is 1.79. The summed E-state index contributed by atoms with van der Waals surface area (Å²) in [7, 11) is 2.20. The van der Waals surface area contributed by atoms with E-state index >= 15 is 0 Å². The van der Waals surface area contributed by atoms with Gasteiger partial charge >= 0.3 is 0 Å². The Labute approximate surface area is 145 Å². The van der Waals surface area contributed by atoms with Crippen LogP contribution in [0.2, 0.25) is 0 Å². The van der Waals surface area contributed by atoms with Gasteiger partial charge in [0.2, 0.25) is 0 Å². The summed E-state index contributed by atoms with van der Waals surface area (Å²) in [6.45, 7) is 11.5. The van der Waals surface area contributed by atoms with Gasteiger partial charge in [-0.05, 0) is 50.7 Å². The highest BCUT2D eigenvalue weighted by Crippen LogP contribution is 2.24. The predicted octanol–water partition coefficient (Wildman–Crippen LogP) is 2.14. The quantitative estimate of drug-likeness (QED) is 0.821. The van der Waals surface area contributed by atoms with Crippen molar-refractivity contribution in [3.63, 3.8) is 0 Å². The highest BCUT2D eigenvalue weighted by Gasteiger charge is 2.22. The first kappa shape index (κ1) is 17.8. The molecule has 2 fully saturated rings. The fraction of sp³-hybridized carbons (Fsp3) is 0.684. The Morgan fingerprint density at radius 1 is 1.08 bits per heavy atom. The molecule has 134 valence electrons. The lowest BCUT2D eigenvalue weighted by atomic mass is 10.0. The van der Waals surface area contributed by atoms with Crippen molar-refractivity contribution in [3.8, 4) is 0 Å². The van der Waals surface area contributed by atoms with Gasteiger partial charge in [-0.1, -0.05) is 12.1 Å². The molecule has 24 heavy (non-hydrogen) atoms. The van der Waals surface area contributed by atoms with E-state index in [1.54, 1.807) is 6.07 Å². The lowest BCUT2D eigenvalue weighted by Gasteiger charge is -2.35. The van der Waals surface area contributed by atoms with Gasteiger partial charge in [0, 0.05) is 39.3 Å². The minimum atomic E-state index is -0.140. The van der Waals surface area contributed by atoms with Crippen molar-refractivity contribution in [2.75, 3.05) is 66.0 Å². The molecule has 1 atom stereocenters. The van der Waals surface area contributed by atoms with E-state index in [-0.39, 0.29) is 11.9 Å². The van der Waals surface area contributed by atoms with Crippen LogP contribution in [0.3, 0.4) is 0 Å². The largest absolute Gasteiger partial charge is 0.371 e. The lowest BCUT2D eigenvalue weighted by molar-refractivity contribution is -0.0310. The van der Waals surface area contributed by atoms with Gasteiger partial charge < -0.3 is 14.5 Å². The monoisotopic (exact) mass is 335 g/mol. The molecule has 0 spiro atoms. The third-order valence-electron chi connectivity index (χ3n) is 5.25. The first-order chi connectivity index (χ1) is 11.6. The first-order valence-electron chi connectivity index (χ1n) is 9.13. The van der Waals surface area contributed by atoms with E-state index in [0.29, 0.717) is 5.56 Å². The number of morpholine rings is 1. The van der Waals surface area contributed by atoms with E-state index in [2.05, 4.69) is 21.7 Å². The van der Waals surface area contributed by atoms with Crippen LogP contribution in [-0.2, 0) is 4.74 Å². The molecule has 1 aromatic carbocycles. The summed E-state index contributed by atoms with van der Waals surface area (Å²) in [6.07, 6.45) is 1.28.